The maximum Gasteiger partial charge on any atom is 0.417 e. The molecule has 164 valence electrons. The van der Waals surface area contributed by atoms with Crippen molar-refractivity contribution in [3.63, 3.8) is 0 Å². The standard InChI is InChI=1S/C23H18F3N3O3/c1-3-5-9-14(4-2)27-19-13-18(30)20-16(23(24,25)26)12-17(22(31)32)28-21(20)29(19)15-10-7-6-8-11-15/h3-13,27H,2H2,1H3,(H,31,32)/b5-3-,14-9+. The summed E-state index contributed by atoms with van der Waals surface area (Å²) >= 11 is 0. The largest absolute Gasteiger partial charge is 0.477 e. The molecule has 0 saturated heterocycles. The number of pyridine rings is 2. The molecule has 3 rings (SSSR count). The van der Waals surface area contributed by atoms with Gasteiger partial charge in [-0.1, -0.05) is 36.9 Å². The van der Waals surface area contributed by atoms with Gasteiger partial charge in [0.25, 0.3) is 0 Å². The van der Waals surface area contributed by atoms with Gasteiger partial charge in [-0.05, 0) is 37.3 Å². The van der Waals surface area contributed by atoms with Crippen LogP contribution in [0.5, 0.6) is 0 Å². The zero-order valence-corrected chi connectivity index (χ0v) is 16.8. The Morgan fingerprint density at radius 1 is 1.22 bits per heavy atom. The summed E-state index contributed by atoms with van der Waals surface area (Å²) in [5.74, 6) is -1.56. The van der Waals surface area contributed by atoms with Crippen molar-refractivity contribution >= 4 is 22.8 Å². The predicted octanol–water partition coefficient (Wildman–Crippen LogP) is 5.16. The van der Waals surface area contributed by atoms with E-state index in [1.165, 1.54) is 10.6 Å². The molecule has 0 aliphatic carbocycles. The molecule has 32 heavy (non-hydrogen) atoms. The normalized spacial score (nSPS) is 12.3. The summed E-state index contributed by atoms with van der Waals surface area (Å²) < 4.78 is 42.6. The first-order chi connectivity index (χ1) is 15.2. The average molecular weight is 441 g/mol. The molecule has 1 aromatic carbocycles. The van der Waals surface area contributed by atoms with Crippen LogP contribution in [0.3, 0.4) is 0 Å². The van der Waals surface area contributed by atoms with E-state index in [4.69, 9.17) is 0 Å². The number of nitrogens with zero attached hydrogens (tertiary/aromatic N) is 2. The van der Waals surface area contributed by atoms with Gasteiger partial charge in [-0.15, -0.1) is 0 Å². The maximum atomic E-state index is 13.8. The average Bonchev–Trinajstić information content (AvgIpc) is 2.75. The van der Waals surface area contributed by atoms with Crippen LogP contribution in [0.1, 0.15) is 23.0 Å². The van der Waals surface area contributed by atoms with E-state index in [0.717, 1.165) is 6.07 Å². The fourth-order valence-corrected chi connectivity index (χ4v) is 3.08. The summed E-state index contributed by atoms with van der Waals surface area (Å²) in [6, 6.07) is 9.59. The van der Waals surface area contributed by atoms with Crippen molar-refractivity contribution in [3.05, 3.63) is 101 Å². The molecule has 0 unspecified atom stereocenters. The number of hydrogen-bond acceptors (Lipinski definition) is 4. The van der Waals surface area contributed by atoms with Gasteiger partial charge in [-0.2, -0.15) is 13.2 Å². The molecule has 6 nitrogen and oxygen atoms in total. The number of para-hydroxylation sites is 1. The summed E-state index contributed by atoms with van der Waals surface area (Å²) in [5.41, 5.74) is -2.77. The zero-order chi connectivity index (χ0) is 23.5. The minimum absolute atomic E-state index is 0.0903. The maximum absolute atomic E-state index is 13.8. The topological polar surface area (TPSA) is 84.2 Å². The van der Waals surface area contributed by atoms with Gasteiger partial charge in [0.2, 0.25) is 0 Å². The number of rotatable bonds is 6. The van der Waals surface area contributed by atoms with Crippen LogP contribution < -0.4 is 10.7 Å². The van der Waals surface area contributed by atoms with Gasteiger partial charge in [-0.25, -0.2) is 9.78 Å². The third-order valence-electron chi connectivity index (χ3n) is 4.47. The van der Waals surface area contributed by atoms with Crippen LogP contribution in [-0.4, -0.2) is 20.6 Å². The lowest BCUT2D eigenvalue weighted by molar-refractivity contribution is -0.136. The van der Waals surface area contributed by atoms with E-state index in [1.807, 2.05) is 0 Å². The molecule has 0 saturated carbocycles. The number of aromatic nitrogens is 2. The summed E-state index contributed by atoms with van der Waals surface area (Å²) in [6.45, 7) is 5.48. The molecular formula is C23H18F3N3O3. The summed E-state index contributed by atoms with van der Waals surface area (Å²) in [7, 11) is 0. The van der Waals surface area contributed by atoms with Crippen molar-refractivity contribution in [2.24, 2.45) is 0 Å². The molecule has 0 spiro atoms. The van der Waals surface area contributed by atoms with E-state index in [2.05, 4.69) is 16.9 Å². The van der Waals surface area contributed by atoms with E-state index in [9.17, 15) is 27.9 Å². The molecule has 0 amide bonds. The van der Waals surface area contributed by atoms with Crippen LogP contribution in [0, 0.1) is 0 Å². The number of fused-ring (bicyclic) bond motifs is 1. The zero-order valence-electron chi connectivity index (χ0n) is 16.8. The van der Waals surface area contributed by atoms with Gasteiger partial charge in [-0.3, -0.25) is 9.36 Å². The molecule has 2 aromatic heterocycles. The monoisotopic (exact) mass is 441 g/mol. The molecule has 0 fully saturated rings. The first-order valence-electron chi connectivity index (χ1n) is 9.36. The van der Waals surface area contributed by atoms with Crippen molar-refractivity contribution in [2.75, 3.05) is 5.32 Å². The van der Waals surface area contributed by atoms with Gasteiger partial charge in [0.1, 0.15) is 5.82 Å². The van der Waals surface area contributed by atoms with E-state index in [-0.39, 0.29) is 5.82 Å². The Morgan fingerprint density at radius 3 is 2.47 bits per heavy atom. The van der Waals surface area contributed by atoms with Crippen LogP contribution in [0.25, 0.3) is 16.7 Å². The number of allylic oxidation sites excluding steroid dienone is 4. The molecule has 0 aliphatic rings. The van der Waals surface area contributed by atoms with Crippen LogP contribution >= 0.6 is 0 Å². The Labute approximate surface area is 180 Å². The van der Waals surface area contributed by atoms with Crippen LogP contribution in [-0.2, 0) is 6.18 Å². The lowest BCUT2D eigenvalue weighted by Crippen LogP contribution is -2.20. The number of hydrogen-bond donors (Lipinski definition) is 2. The van der Waals surface area contributed by atoms with Crippen LogP contribution in [0.2, 0.25) is 0 Å². The highest BCUT2D eigenvalue weighted by atomic mass is 19.4. The van der Waals surface area contributed by atoms with Gasteiger partial charge >= 0.3 is 12.1 Å². The summed E-state index contributed by atoms with van der Waals surface area (Å²) in [4.78, 5) is 28.2. The van der Waals surface area contributed by atoms with Crippen LogP contribution in [0.4, 0.5) is 19.0 Å². The second-order valence-electron chi connectivity index (χ2n) is 6.60. The van der Waals surface area contributed by atoms with Crippen molar-refractivity contribution < 1.29 is 23.1 Å². The van der Waals surface area contributed by atoms with E-state index in [1.54, 1.807) is 55.5 Å². The van der Waals surface area contributed by atoms with Gasteiger partial charge in [0.15, 0.2) is 16.8 Å². The van der Waals surface area contributed by atoms with Crippen molar-refractivity contribution in [2.45, 2.75) is 13.1 Å². The molecule has 0 radical (unpaired) electrons. The number of nitrogens with one attached hydrogen (secondary N) is 1. The fourth-order valence-electron chi connectivity index (χ4n) is 3.08. The predicted molar refractivity (Wildman–Crippen MR) is 116 cm³/mol. The molecule has 0 aliphatic heterocycles. The Hall–Kier alpha value is -4.14. The highest BCUT2D eigenvalue weighted by molar-refractivity contribution is 5.92. The minimum atomic E-state index is -4.97. The summed E-state index contributed by atoms with van der Waals surface area (Å²) in [5, 5.41) is 11.6. The number of anilines is 1. The lowest BCUT2D eigenvalue weighted by atomic mass is 10.1. The third kappa shape index (κ3) is 4.46. The number of carboxylic acid groups (broad SMARTS) is 1. The fraction of sp³-hybridized carbons (Fsp3) is 0.0870. The molecule has 0 bridgehead atoms. The first-order valence-corrected chi connectivity index (χ1v) is 9.36. The number of carbonyl (C=O) groups is 1. The van der Waals surface area contributed by atoms with Crippen molar-refractivity contribution in [3.8, 4) is 5.69 Å². The van der Waals surface area contributed by atoms with E-state index >= 15 is 0 Å². The summed E-state index contributed by atoms with van der Waals surface area (Å²) in [6.07, 6.45) is 1.61. The molecule has 2 N–H and O–H groups in total. The second-order valence-corrected chi connectivity index (χ2v) is 6.60. The highest BCUT2D eigenvalue weighted by Crippen LogP contribution is 2.35. The van der Waals surface area contributed by atoms with Crippen LogP contribution in [0.15, 0.2) is 83.8 Å². The Balaban J connectivity index is 2.50. The Kier molecular flexibility index (Phi) is 6.29. The second kappa shape index (κ2) is 8.93. The molecule has 9 heteroatoms. The molecule has 2 heterocycles. The first kappa shape index (κ1) is 22.5. The quantitative estimate of drug-likeness (QED) is 0.516. The van der Waals surface area contributed by atoms with Crippen molar-refractivity contribution in [1.82, 2.24) is 9.55 Å². The lowest BCUT2D eigenvalue weighted by Gasteiger charge is -2.20. The molecular weight excluding hydrogens is 423 g/mol. The van der Waals surface area contributed by atoms with Gasteiger partial charge < -0.3 is 10.4 Å². The number of carboxylic acids is 1. The Morgan fingerprint density at radius 2 is 1.91 bits per heavy atom. The minimum Gasteiger partial charge on any atom is -0.477 e. The molecule has 3 aromatic rings. The van der Waals surface area contributed by atoms with E-state index in [0.29, 0.717) is 17.5 Å². The highest BCUT2D eigenvalue weighted by Gasteiger charge is 2.36. The SMILES string of the molecule is C=C/C(=C\C=C/C)Nc1cc(=O)c2c(C(F)(F)F)cc(C(=O)O)nc2n1-c1ccccc1. The smallest absolute Gasteiger partial charge is 0.417 e. The number of benzene rings is 1. The number of aromatic carboxylic acids is 1. The van der Waals surface area contributed by atoms with Gasteiger partial charge in [0.05, 0.1) is 10.9 Å². The third-order valence-corrected chi connectivity index (χ3v) is 4.47. The van der Waals surface area contributed by atoms with Gasteiger partial charge in [0, 0.05) is 17.5 Å². The van der Waals surface area contributed by atoms with Crippen molar-refractivity contribution in [1.29, 1.82) is 0 Å². The number of alkyl halides is 3. The van der Waals surface area contributed by atoms with E-state index < -0.39 is 39.9 Å². The molecule has 0 atom stereocenters. The number of halogens is 3. The Bertz CT molecular complexity index is 1310.